The summed E-state index contributed by atoms with van der Waals surface area (Å²) in [7, 11) is 0. The highest BCUT2D eigenvalue weighted by Crippen LogP contribution is 2.42. The number of rotatable bonds is 7. The number of amides is 3. The highest BCUT2D eigenvalue weighted by atomic mass is 19.4. The van der Waals surface area contributed by atoms with Gasteiger partial charge in [0.05, 0.1) is 11.7 Å². The third kappa shape index (κ3) is 6.04. The van der Waals surface area contributed by atoms with Gasteiger partial charge in [0, 0.05) is 41.3 Å². The number of para-hydroxylation sites is 1. The smallest absolute Gasteiger partial charge is 0.405 e. The van der Waals surface area contributed by atoms with E-state index in [0.29, 0.717) is 33.7 Å². The predicted molar refractivity (Wildman–Crippen MR) is 147 cm³/mol. The molecule has 3 amide bonds. The van der Waals surface area contributed by atoms with Gasteiger partial charge in [-0.1, -0.05) is 36.4 Å². The number of fused-ring (bicyclic) bond motifs is 2. The van der Waals surface area contributed by atoms with E-state index in [1.165, 1.54) is 6.07 Å². The Labute approximate surface area is 234 Å². The SMILES string of the molecule is CC(C)NC(=O)N1Cc2cc(C(=O)NCC(F)(F)F)nc(-c3cccc(-c4cc5ccccc5o4)c3)c2[C@@H]1CCO. The van der Waals surface area contributed by atoms with E-state index in [9.17, 15) is 27.9 Å². The normalized spacial score (nSPS) is 14.9. The number of benzene rings is 2. The summed E-state index contributed by atoms with van der Waals surface area (Å²) in [6, 6.07) is 17.1. The van der Waals surface area contributed by atoms with E-state index >= 15 is 0 Å². The minimum absolute atomic E-state index is 0.0941. The molecular weight excluding hydrogens is 537 g/mol. The summed E-state index contributed by atoms with van der Waals surface area (Å²) in [5.41, 5.74) is 3.36. The van der Waals surface area contributed by atoms with Crippen LogP contribution >= 0.6 is 0 Å². The Morgan fingerprint density at radius 1 is 1.10 bits per heavy atom. The van der Waals surface area contributed by atoms with E-state index < -0.39 is 24.7 Å². The lowest BCUT2D eigenvalue weighted by Crippen LogP contribution is -2.42. The number of pyridine rings is 1. The third-order valence-corrected chi connectivity index (χ3v) is 6.80. The highest BCUT2D eigenvalue weighted by molar-refractivity contribution is 5.94. The molecule has 3 heterocycles. The molecule has 0 fully saturated rings. The number of hydrogen-bond donors (Lipinski definition) is 3. The van der Waals surface area contributed by atoms with Crippen molar-refractivity contribution in [2.24, 2.45) is 0 Å². The molecule has 1 atom stereocenters. The minimum Gasteiger partial charge on any atom is -0.456 e. The van der Waals surface area contributed by atoms with Crippen LogP contribution in [0.4, 0.5) is 18.0 Å². The second kappa shape index (κ2) is 11.2. The van der Waals surface area contributed by atoms with Crippen molar-refractivity contribution in [3.63, 3.8) is 0 Å². The monoisotopic (exact) mass is 566 g/mol. The summed E-state index contributed by atoms with van der Waals surface area (Å²) in [4.78, 5) is 32.0. The summed E-state index contributed by atoms with van der Waals surface area (Å²) < 4.78 is 44.5. The number of halogens is 3. The lowest BCUT2D eigenvalue weighted by atomic mass is 9.94. The number of furan rings is 1. The van der Waals surface area contributed by atoms with Gasteiger partial charge in [-0.05, 0) is 50.1 Å². The topological polar surface area (TPSA) is 108 Å². The fourth-order valence-corrected chi connectivity index (χ4v) is 5.08. The maximum Gasteiger partial charge on any atom is 0.405 e. The van der Waals surface area contributed by atoms with Crippen molar-refractivity contribution in [2.45, 2.75) is 45.1 Å². The molecule has 0 spiro atoms. The molecule has 3 N–H and O–H groups in total. The number of aliphatic hydroxyl groups excluding tert-OH is 1. The molecule has 11 heteroatoms. The largest absolute Gasteiger partial charge is 0.456 e. The second-order valence-corrected chi connectivity index (χ2v) is 10.2. The van der Waals surface area contributed by atoms with E-state index in [2.05, 4.69) is 10.3 Å². The molecule has 4 aromatic rings. The summed E-state index contributed by atoms with van der Waals surface area (Å²) in [6.07, 6.45) is -4.38. The Kier molecular flexibility index (Phi) is 7.72. The molecule has 0 unspecified atom stereocenters. The van der Waals surface area contributed by atoms with Crippen molar-refractivity contribution >= 4 is 22.9 Å². The van der Waals surface area contributed by atoms with E-state index in [-0.39, 0.29) is 37.3 Å². The summed E-state index contributed by atoms with van der Waals surface area (Å²) >= 11 is 0. The average Bonchev–Trinajstić information content (AvgIpc) is 3.53. The molecule has 5 rings (SSSR count). The summed E-state index contributed by atoms with van der Waals surface area (Å²) in [5, 5.41) is 15.5. The maximum absolute atomic E-state index is 13.1. The molecule has 41 heavy (non-hydrogen) atoms. The van der Waals surface area contributed by atoms with Gasteiger partial charge in [0.1, 0.15) is 23.6 Å². The Hall–Kier alpha value is -4.38. The van der Waals surface area contributed by atoms with Gasteiger partial charge in [0.25, 0.3) is 5.91 Å². The number of aliphatic hydroxyl groups is 1. The van der Waals surface area contributed by atoms with Gasteiger partial charge < -0.3 is 25.1 Å². The summed E-state index contributed by atoms with van der Waals surface area (Å²) in [5.74, 6) is -0.378. The van der Waals surface area contributed by atoms with Crippen molar-refractivity contribution in [3.8, 4) is 22.6 Å². The van der Waals surface area contributed by atoms with E-state index in [1.807, 2.05) is 61.6 Å². The number of carbonyl (C=O) groups is 2. The van der Waals surface area contributed by atoms with Gasteiger partial charge in [0.2, 0.25) is 0 Å². The van der Waals surface area contributed by atoms with Gasteiger partial charge >= 0.3 is 12.2 Å². The standard InChI is InChI=1S/C30H29F3N4O4/c1-17(2)35-29(40)37-15-21-13-22(28(39)34-16-30(31,32)33)36-27(26(21)23(37)10-11-38)20-8-5-7-18(12-20)25-14-19-6-3-4-9-24(19)41-25/h3-9,12-14,17,23,38H,10-11,15-16H2,1-2H3,(H,34,39)(H,35,40)/t23-/m0/s1. The van der Waals surface area contributed by atoms with E-state index in [4.69, 9.17) is 4.42 Å². The van der Waals surface area contributed by atoms with Crippen LogP contribution in [0.15, 0.2) is 65.1 Å². The maximum atomic E-state index is 13.1. The molecule has 0 bridgehead atoms. The number of hydrogen-bond acceptors (Lipinski definition) is 5. The lowest BCUT2D eigenvalue weighted by Gasteiger charge is -2.26. The Balaban J connectivity index is 1.62. The molecule has 0 saturated heterocycles. The fourth-order valence-electron chi connectivity index (χ4n) is 5.08. The molecule has 1 aliphatic heterocycles. The molecule has 0 saturated carbocycles. The van der Waals surface area contributed by atoms with Gasteiger partial charge in [-0.3, -0.25) is 4.79 Å². The van der Waals surface area contributed by atoms with Crippen molar-refractivity contribution in [2.75, 3.05) is 13.2 Å². The number of urea groups is 1. The zero-order valence-corrected chi connectivity index (χ0v) is 22.5. The number of alkyl halides is 3. The lowest BCUT2D eigenvalue weighted by molar-refractivity contribution is -0.123. The van der Waals surface area contributed by atoms with Crippen molar-refractivity contribution in [1.82, 2.24) is 20.5 Å². The number of aromatic nitrogens is 1. The minimum atomic E-state index is -4.59. The van der Waals surface area contributed by atoms with Crippen LogP contribution < -0.4 is 10.6 Å². The van der Waals surface area contributed by atoms with Crippen LogP contribution in [0.2, 0.25) is 0 Å². The second-order valence-electron chi connectivity index (χ2n) is 10.2. The molecule has 2 aromatic carbocycles. The number of nitrogens with zero attached hydrogens (tertiary/aromatic N) is 2. The average molecular weight is 567 g/mol. The zero-order valence-electron chi connectivity index (χ0n) is 22.5. The van der Waals surface area contributed by atoms with Crippen LogP contribution in [0.25, 0.3) is 33.6 Å². The first-order valence-corrected chi connectivity index (χ1v) is 13.2. The molecule has 8 nitrogen and oxygen atoms in total. The highest BCUT2D eigenvalue weighted by Gasteiger charge is 2.37. The van der Waals surface area contributed by atoms with Crippen LogP contribution in [-0.2, 0) is 6.54 Å². The van der Waals surface area contributed by atoms with Crippen LogP contribution in [0, 0.1) is 0 Å². The molecule has 0 radical (unpaired) electrons. The summed E-state index contributed by atoms with van der Waals surface area (Å²) in [6.45, 7) is 2.01. The Morgan fingerprint density at radius 2 is 1.85 bits per heavy atom. The van der Waals surface area contributed by atoms with Gasteiger partial charge in [-0.2, -0.15) is 13.2 Å². The molecule has 1 aliphatic rings. The molecule has 2 aromatic heterocycles. The number of nitrogens with one attached hydrogen (secondary N) is 2. The van der Waals surface area contributed by atoms with Gasteiger partial charge in [-0.25, -0.2) is 9.78 Å². The van der Waals surface area contributed by atoms with Crippen molar-refractivity contribution in [3.05, 3.63) is 77.5 Å². The quantitative estimate of drug-likeness (QED) is 0.262. The van der Waals surface area contributed by atoms with E-state index in [0.717, 1.165) is 10.9 Å². The number of carbonyl (C=O) groups excluding carboxylic acids is 2. The molecule has 0 aliphatic carbocycles. The van der Waals surface area contributed by atoms with Gasteiger partial charge in [0.15, 0.2) is 0 Å². The van der Waals surface area contributed by atoms with Crippen LogP contribution in [0.5, 0.6) is 0 Å². The van der Waals surface area contributed by atoms with E-state index in [1.54, 1.807) is 17.0 Å². The third-order valence-electron chi connectivity index (χ3n) is 6.80. The fraction of sp³-hybridized carbons (Fsp3) is 0.300. The first-order chi connectivity index (χ1) is 19.5. The van der Waals surface area contributed by atoms with Crippen LogP contribution in [-0.4, -0.2) is 52.3 Å². The first kappa shape index (κ1) is 28.2. The molecular formula is C30H29F3N4O4. The Bertz CT molecular complexity index is 1570. The first-order valence-electron chi connectivity index (χ1n) is 13.2. The van der Waals surface area contributed by atoms with Crippen molar-refractivity contribution in [1.29, 1.82) is 0 Å². The van der Waals surface area contributed by atoms with Crippen LogP contribution in [0.3, 0.4) is 0 Å². The Morgan fingerprint density at radius 3 is 2.56 bits per heavy atom. The predicted octanol–water partition coefficient (Wildman–Crippen LogP) is 5.81. The van der Waals surface area contributed by atoms with Gasteiger partial charge in [-0.15, -0.1) is 0 Å². The molecule has 214 valence electrons. The van der Waals surface area contributed by atoms with Crippen molar-refractivity contribution < 1.29 is 32.3 Å². The van der Waals surface area contributed by atoms with Crippen LogP contribution in [0.1, 0.15) is 47.9 Å². The zero-order chi connectivity index (χ0) is 29.3.